The smallest absolute Gasteiger partial charge is 0.237 e. The van der Waals surface area contributed by atoms with Crippen molar-refractivity contribution in [1.29, 1.82) is 0 Å². The third-order valence-electron chi connectivity index (χ3n) is 7.34. The lowest BCUT2D eigenvalue weighted by Gasteiger charge is -2.45. The molecule has 1 aromatic carbocycles. The highest BCUT2D eigenvalue weighted by molar-refractivity contribution is 5.79. The van der Waals surface area contributed by atoms with Crippen molar-refractivity contribution in [2.45, 2.75) is 88.6 Å². The molecule has 154 valence electrons. The second-order valence-electron chi connectivity index (χ2n) is 9.16. The number of methoxy groups -OCH3 is 1. The maximum Gasteiger partial charge on any atom is 0.237 e. The van der Waals surface area contributed by atoms with Gasteiger partial charge in [-0.15, -0.1) is 0 Å². The van der Waals surface area contributed by atoms with Crippen LogP contribution in [0.15, 0.2) is 24.3 Å². The number of carbonyl (C=O) groups excluding carboxylic acids is 1. The van der Waals surface area contributed by atoms with E-state index in [0.29, 0.717) is 31.5 Å². The highest BCUT2D eigenvalue weighted by atomic mass is 16.5. The zero-order valence-electron chi connectivity index (χ0n) is 17.4. The van der Waals surface area contributed by atoms with E-state index >= 15 is 0 Å². The van der Waals surface area contributed by atoms with Crippen LogP contribution in [0.3, 0.4) is 0 Å². The zero-order valence-corrected chi connectivity index (χ0v) is 17.4. The monoisotopic (exact) mass is 386 g/mol. The van der Waals surface area contributed by atoms with E-state index in [1.165, 1.54) is 6.42 Å². The average Bonchev–Trinajstić information content (AvgIpc) is 2.92. The molecule has 1 amide bonds. The Kier molecular flexibility index (Phi) is 5.41. The molecular weight excluding hydrogens is 352 g/mol. The first-order chi connectivity index (χ1) is 13.4. The average molecular weight is 387 g/mol. The molecule has 2 bridgehead atoms. The fourth-order valence-corrected chi connectivity index (χ4v) is 5.86. The van der Waals surface area contributed by atoms with Crippen LogP contribution in [0.1, 0.15) is 64.4 Å². The highest BCUT2D eigenvalue weighted by Gasteiger charge is 2.49. The van der Waals surface area contributed by atoms with Crippen molar-refractivity contribution in [2.75, 3.05) is 13.7 Å². The molecule has 5 nitrogen and oxygen atoms in total. The number of hydrogen-bond donors (Lipinski definition) is 1. The van der Waals surface area contributed by atoms with E-state index in [1.54, 1.807) is 7.11 Å². The molecule has 0 saturated carbocycles. The molecule has 28 heavy (non-hydrogen) atoms. The van der Waals surface area contributed by atoms with E-state index in [9.17, 15) is 9.90 Å². The summed E-state index contributed by atoms with van der Waals surface area (Å²) in [6.07, 6.45) is 6.99. The fourth-order valence-electron chi connectivity index (χ4n) is 5.86. The van der Waals surface area contributed by atoms with Crippen LogP contribution in [0, 0.1) is 0 Å². The molecule has 3 saturated heterocycles. The quantitative estimate of drug-likeness (QED) is 0.863. The van der Waals surface area contributed by atoms with Gasteiger partial charge in [0.2, 0.25) is 5.91 Å². The van der Waals surface area contributed by atoms with Gasteiger partial charge in [0.1, 0.15) is 5.75 Å². The number of nitrogens with zero attached hydrogens (tertiary/aromatic N) is 2. The van der Waals surface area contributed by atoms with Gasteiger partial charge in [-0.25, -0.2) is 0 Å². The zero-order chi connectivity index (χ0) is 19.9. The second-order valence-corrected chi connectivity index (χ2v) is 9.16. The van der Waals surface area contributed by atoms with Crippen molar-refractivity contribution in [2.24, 2.45) is 0 Å². The summed E-state index contributed by atoms with van der Waals surface area (Å²) in [5.74, 6) is 1.08. The number of amides is 1. The molecule has 3 fully saturated rings. The normalized spacial score (nSPS) is 35.8. The number of likely N-dealkylation sites (tertiary alicyclic amines) is 1. The van der Waals surface area contributed by atoms with Crippen molar-refractivity contribution < 1.29 is 14.6 Å². The Morgan fingerprint density at radius 2 is 1.64 bits per heavy atom. The summed E-state index contributed by atoms with van der Waals surface area (Å²) < 4.78 is 5.25. The Hall–Kier alpha value is -1.59. The minimum absolute atomic E-state index is 0.270. The summed E-state index contributed by atoms with van der Waals surface area (Å²) in [5.41, 5.74) is 0.165. The minimum Gasteiger partial charge on any atom is -0.497 e. The maximum atomic E-state index is 13.1. The van der Waals surface area contributed by atoms with Crippen LogP contribution in [-0.2, 0) is 10.4 Å². The first-order valence-electron chi connectivity index (χ1n) is 10.8. The molecule has 0 spiro atoms. The molecule has 3 heterocycles. The van der Waals surface area contributed by atoms with E-state index in [-0.39, 0.29) is 18.0 Å². The molecule has 3 aliphatic heterocycles. The van der Waals surface area contributed by atoms with Crippen molar-refractivity contribution in [3.05, 3.63) is 29.8 Å². The summed E-state index contributed by atoms with van der Waals surface area (Å²) in [6.45, 7) is 4.87. The van der Waals surface area contributed by atoms with Crippen LogP contribution in [0.5, 0.6) is 5.75 Å². The topological polar surface area (TPSA) is 53.0 Å². The van der Waals surface area contributed by atoms with E-state index < -0.39 is 5.60 Å². The third-order valence-corrected chi connectivity index (χ3v) is 7.34. The number of benzene rings is 1. The van der Waals surface area contributed by atoms with E-state index in [2.05, 4.69) is 23.6 Å². The predicted molar refractivity (Wildman–Crippen MR) is 109 cm³/mol. The van der Waals surface area contributed by atoms with Crippen molar-refractivity contribution in [3.63, 3.8) is 0 Å². The van der Waals surface area contributed by atoms with Crippen LogP contribution < -0.4 is 4.74 Å². The largest absolute Gasteiger partial charge is 0.497 e. The molecule has 3 aliphatic rings. The Balaban J connectivity index is 1.45. The highest BCUT2D eigenvalue weighted by Crippen LogP contribution is 2.46. The molecule has 1 aromatic rings. The third kappa shape index (κ3) is 3.55. The van der Waals surface area contributed by atoms with Crippen LogP contribution >= 0.6 is 0 Å². The Labute approximate surface area is 168 Å². The molecule has 1 N–H and O–H groups in total. The molecular formula is C23H34N2O3. The molecule has 4 unspecified atom stereocenters. The minimum atomic E-state index is -0.802. The molecule has 0 radical (unpaired) electrons. The molecule has 4 atom stereocenters. The Morgan fingerprint density at radius 1 is 1.07 bits per heavy atom. The van der Waals surface area contributed by atoms with Gasteiger partial charge in [0.25, 0.3) is 0 Å². The second kappa shape index (κ2) is 7.68. The Bertz CT molecular complexity index is 680. The summed E-state index contributed by atoms with van der Waals surface area (Å²) in [4.78, 5) is 17.6. The lowest BCUT2D eigenvalue weighted by Crippen LogP contribution is -2.56. The van der Waals surface area contributed by atoms with E-state index in [0.717, 1.165) is 37.0 Å². The maximum absolute atomic E-state index is 13.1. The summed E-state index contributed by atoms with van der Waals surface area (Å²) in [7, 11) is 1.66. The van der Waals surface area contributed by atoms with Crippen LogP contribution in [0.4, 0.5) is 0 Å². The number of carbonyl (C=O) groups is 1. The van der Waals surface area contributed by atoms with Gasteiger partial charge in [0, 0.05) is 24.2 Å². The van der Waals surface area contributed by atoms with Gasteiger partial charge >= 0.3 is 0 Å². The number of rotatable bonds is 4. The number of ether oxygens (including phenoxy) is 1. The number of hydrogen-bond acceptors (Lipinski definition) is 4. The van der Waals surface area contributed by atoms with Crippen LogP contribution in [0.25, 0.3) is 0 Å². The van der Waals surface area contributed by atoms with Crippen LogP contribution in [0.2, 0.25) is 0 Å². The van der Waals surface area contributed by atoms with Crippen molar-refractivity contribution in [1.82, 2.24) is 9.80 Å². The van der Waals surface area contributed by atoms with E-state index in [1.807, 2.05) is 24.3 Å². The molecule has 5 heteroatoms. The van der Waals surface area contributed by atoms with Gasteiger partial charge in [-0.05, 0) is 76.5 Å². The Morgan fingerprint density at radius 3 is 2.18 bits per heavy atom. The summed E-state index contributed by atoms with van der Waals surface area (Å²) >= 11 is 0. The number of fused-ring (bicyclic) bond motifs is 2. The number of aliphatic hydroxyl groups is 1. The SMILES string of the molecule is COc1ccc(C2(O)CC3CCC(C2)N3CC(=O)N2C(C)CCCC2C)cc1. The lowest BCUT2D eigenvalue weighted by molar-refractivity contribution is -0.141. The summed E-state index contributed by atoms with van der Waals surface area (Å²) in [5, 5.41) is 11.4. The first kappa shape index (κ1) is 19.7. The lowest BCUT2D eigenvalue weighted by atomic mass is 9.80. The van der Waals surface area contributed by atoms with Crippen molar-refractivity contribution in [3.8, 4) is 5.75 Å². The summed E-state index contributed by atoms with van der Waals surface area (Å²) in [6, 6.07) is 9.06. The standard InChI is InChI=1S/C23H34N2O3/c1-16-5-4-6-17(2)25(16)22(26)15-24-19-9-10-20(24)14-23(27,13-19)18-7-11-21(28-3)12-8-18/h7-8,11-12,16-17,19-20,27H,4-6,9-10,13-15H2,1-3H3. The van der Waals surface area contributed by atoms with Crippen molar-refractivity contribution >= 4 is 5.91 Å². The van der Waals surface area contributed by atoms with Gasteiger partial charge in [-0.3, -0.25) is 9.69 Å². The predicted octanol–water partition coefficient (Wildman–Crippen LogP) is 3.30. The van der Waals surface area contributed by atoms with Gasteiger partial charge in [0.15, 0.2) is 0 Å². The van der Waals surface area contributed by atoms with Gasteiger partial charge in [-0.1, -0.05) is 12.1 Å². The molecule has 0 aromatic heterocycles. The first-order valence-corrected chi connectivity index (χ1v) is 10.8. The van der Waals surface area contributed by atoms with Gasteiger partial charge in [-0.2, -0.15) is 0 Å². The molecule has 4 rings (SSSR count). The number of piperidine rings is 2. The fraction of sp³-hybridized carbons (Fsp3) is 0.696. The molecule has 0 aliphatic carbocycles. The van der Waals surface area contributed by atoms with Gasteiger partial charge < -0.3 is 14.7 Å². The van der Waals surface area contributed by atoms with Gasteiger partial charge in [0.05, 0.1) is 19.3 Å². The van der Waals surface area contributed by atoms with Crippen LogP contribution in [-0.4, -0.2) is 58.6 Å². The van der Waals surface area contributed by atoms with E-state index in [4.69, 9.17) is 4.74 Å².